The number of hydrogen-bond donors (Lipinski definition) is 1. The molecule has 0 atom stereocenters. The average Bonchev–Trinajstić information content (AvgIpc) is 2.19. The van der Waals surface area contributed by atoms with Gasteiger partial charge in [0.05, 0.1) is 6.54 Å². The van der Waals surface area contributed by atoms with Crippen LogP contribution in [0.3, 0.4) is 0 Å². The Hall–Kier alpha value is -0.680. The van der Waals surface area contributed by atoms with Gasteiger partial charge in [0.1, 0.15) is 0 Å². The molecule has 1 rings (SSSR count). The summed E-state index contributed by atoms with van der Waals surface area (Å²) in [4.78, 5) is 1.61. The van der Waals surface area contributed by atoms with Crippen molar-refractivity contribution in [2.75, 3.05) is 32.0 Å². The standard InChI is InChI=1S/C11H15BrF2N2/c1-16(8-11(13)14)7-6-15-10-5-3-2-4-9(10)12/h2-5,11,15H,6-8H2,1H3. The zero-order chi connectivity index (χ0) is 12.0. The second-order valence-corrected chi connectivity index (χ2v) is 4.41. The molecule has 0 bridgehead atoms. The SMILES string of the molecule is CN(CCNc1ccccc1Br)CC(F)F. The fourth-order valence-electron chi connectivity index (χ4n) is 1.31. The van der Waals surface area contributed by atoms with Gasteiger partial charge in [-0.2, -0.15) is 0 Å². The van der Waals surface area contributed by atoms with E-state index in [1.54, 1.807) is 11.9 Å². The van der Waals surface area contributed by atoms with Gasteiger partial charge in [-0.25, -0.2) is 8.78 Å². The van der Waals surface area contributed by atoms with Crippen LogP contribution in [0.4, 0.5) is 14.5 Å². The van der Waals surface area contributed by atoms with Gasteiger partial charge in [-0.15, -0.1) is 0 Å². The average molecular weight is 293 g/mol. The van der Waals surface area contributed by atoms with Crippen LogP contribution in [0.15, 0.2) is 28.7 Å². The zero-order valence-corrected chi connectivity index (χ0v) is 10.7. The molecule has 0 saturated carbocycles. The summed E-state index contributed by atoms with van der Waals surface area (Å²) in [5.74, 6) is 0. The Kier molecular flexibility index (Phi) is 5.69. The maximum absolute atomic E-state index is 12.0. The lowest BCUT2D eigenvalue weighted by Crippen LogP contribution is -2.29. The molecule has 0 fully saturated rings. The van der Waals surface area contributed by atoms with Gasteiger partial charge in [0.25, 0.3) is 6.43 Å². The van der Waals surface area contributed by atoms with Crippen molar-refractivity contribution in [2.24, 2.45) is 0 Å². The molecule has 0 saturated heterocycles. The van der Waals surface area contributed by atoms with Gasteiger partial charge >= 0.3 is 0 Å². The van der Waals surface area contributed by atoms with Crippen LogP contribution < -0.4 is 5.32 Å². The summed E-state index contributed by atoms with van der Waals surface area (Å²) in [7, 11) is 1.69. The lowest BCUT2D eigenvalue weighted by molar-refractivity contribution is 0.102. The predicted octanol–water partition coefficient (Wildman–Crippen LogP) is 3.06. The number of anilines is 1. The molecule has 1 aromatic carbocycles. The van der Waals surface area contributed by atoms with Gasteiger partial charge in [-0.3, -0.25) is 4.90 Å². The normalized spacial score (nSPS) is 11.1. The van der Waals surface area contributed by atoms with Crippen LogP contribution in [0.5, 0.6) is 0 Å². The van der Waals surface area contributed by atoms with Crippen LogP contribution in [-0.4, -0.2) is 38.0 Å². The van der Waals surface area contributed by atoms with E-state index in [9.17, 15) is 8.78 Å². The topological polar surface area (TPSA) is 15.3 Å². The summed E-state index contributed by atoms with van der Waals surface area (Å²) in [6.07, 6.45) is -2.27. The maximum Gasteiger partial charge on any atom is 0.251 e. The third kappa shape index (κ3) is 4.90. The number of para-hydroxylation sites is 1. The molecule has 16 heavy (non-hydrogen) atoms. The van der Waals surface area contributed by atoms with Gasteiger partial charge in [0.2, 0.25) is 0 Å². The van der Waals surface area contributed by atoms with Gasteiger partial charge in [0, 0.05) is 23.2 Å². The highest BCUT2D eigenvalue weighted by molar-refractivity contribution is 9.10. The van der Waals surface area contributed by atoms with Crippen molar-refractivity contribution in [3.05, 3.63) is 28.7 Å². The van der Waals surface area contributed by atoms with Crippen molar-refractivity contribution in [3.8, 4) is 0 Å². The number of alkyl halides is 2. The van der Waals surface area contributed by atoms with Gasteiger partial charge in [-0.05, 0) is 35.1 Å². The Bertz CT molecular complexity index is 321. The van der Waals surface area contributed by atoms with Gasteiger partial charge in [0.15, 0.2) is 0 Å². The van der Waals surface area contributed by atoms with Crippen LogP contribution in [0.25, 0.3) is 0 Å². The fraction of sp³-hybridized carbons (Fsp3) is 0.455. The second-order valence-electron chi connectivity index (χ2n) is 3.56. The van der Waals surface area contributed by atoms with Gasteiger partial charge < -0.3 is 5.32 Å². The third-order valence-electron chi connectivity index (χ3n) is 2.13. The molecule has 2 nitrogen and oxygen atoms in total. The Morgan fingerprint density at radius 1 is 1.38 bits per heavy atom. The van der Waals surface area contributed by atoms with E-state index in [-0.39, 0.29) is 6.54 Å². The number of benzene rings is 1. The highest BCUT2D eigenvalue weighted by Gasteiger charge is 2.06. The predicted molar refractivity (Wildman–Crippen MR) is 66.1 cm³/mol. The van der Waals surface area contributed by atoms with E-state index in [4.69, 9.17) is 0 Å². The molecular formula is C11H15BrF2N2. The molecule has 0 aliphatic carbocycles. The molecule has 0 aliphatic rings. The summed E-state index contributed by atoms with van der Waals surface area (Å²) in [5, 5.41) is 3.18. The van der Waals surface area contributed by atoms with E-state index in [2.05, 4.69) is 21.2 Å². The van der Waals surface area contributed by atoms with Crippen molar-refractivity contribution in [1.29, 1.82) is 0 Å². The quantitative estimate of drug-likeness (QED) is 0.867. The first-order chi connectivity index (χ1) is 7.59. The lowest BCUT2D eigenvalue weighted by atomic mass is 10.3. The number of halogens is 3. The summed E-state index contributed by atoms with van der Waals surface area (Å²) in [6.45, 7) is 1.05. The Morgan fingerprint density at radius 3 is 2.69 bits per heavy atom. The smallest absolute Gasteiger partial charge is 0.251 e. The van der Waals surface area contributed by atoms with Crippen LogP contribution in [0.1, 0.15) is 0 Å². The molecule has 1 N–H and O–H groups in total. The van der Waals surface area contributed by atoms with Crippen LogP contribution in [-0.2, 0) is 0 Å². The number of rotatable bonds is 6. The van der Waals surface area contributed by atoms with Crippen molar-refractivity contribution in [2.45, 2.75) is 6.43 Å². The van der Waals surface area contributed by atoms with Crippen molar-refractivity contribution in [3.63, 3.8) is 0 Å². The first-order valence-electron chi connectivity index (χ1n) is 5.04. The third-order valence-corrected chi connectivity index (χ3v) is 2.82. The molecule has 0 heterocycles. The molecule has 0 spiro atoms. The van der Waals surface area contributed by atoms with E-state index in [0.717, 1.165) is 10.2 Å². The summed E-state index contributed by atoms with van der Waals surface area (Å²) in [5.41, 5.74) is 0.980. The minimum atomic E-state index is -2.27. The first-order valence-corrected chi connectivity index (χ1v) is 5.84. The van der Waals surface area contributed by atoms with Gasteiger partial charge in [-0.1, -0.05) is 12.1 Å². The molecule has 5 heteroatoms. The molecule has 1 aromatic rings. The Balaban J connectivity index is 2.28. The molecule has 0 unspecified atom stereocenters. The van der Waals surface area contributed by atoms with E-state index in [0.29, 0.717) is 13.1 Å². The minimum absolute atomic E-state index is 0.183. The van der Waals surface area contributed by atoms with Crippen molar-refractivity contribution >= 4 is 21.6 Å². The lowest BCUT2D eigenvalue weighted by Gasteiger charge is -2.16. The van der Waals surface area contributed by atoms with E-state index in [1.807, 2.05) is 24.3 Å². The zero-order valence-electron chi connectivity index (χ0n) is 9.09. The van der Waals surface area contributed by atoms with Crippen LogP contribution in [0.2, 0.25) is 0 Å². The van der Waals surface area contributed by atoms with E-state index >= 15 is 0 Å². The fourth-order valence-corrected chi connectivity index (χ4v) is 1.74. The van der Waals surface area contributed by atoms with Crippen molar-refractivity contribution in [1.82, 2.24) is 4.90 Å². The summed E-state index contributed by atoms with van der Waals surface area (Å²) in [6, 6.07) is 7.73. The first kappa shape index (κ1) is 13.4. The Morgan fingerprint density at radius 2 is 2.06 bits per heavy atom. The largest absolute Gasteiger partial charge is 0.383 e. The number of nitrogens with one attached hydrogen (secondary N) is 1. The molecule has 90 valence electrons. The molecule has 0 radical (unpaired) electrons. The van der Waals surface area contributed by atoms with E-state index in [1.165, 1.54) is 0 Å². The van der Waals surface area contributed by atoms with Crippen molar-refractivity contribution < 1.29 is 8.78 Å². The Labute approximate surface area is 103 Å². The monoisotopic (exact) mass is 292 g/mol. The molecule has 0 aliphatic heterocycles. The number of nitrogens with zero attached hydrogens (tertiary/aromatic N) is 1. The van der Waals surface area contributed by atoms with Crippen LogP contribution >= 0.6 is 15.9 Å². The molecule has 0 amide bonds. The molecule has 0 aromatic heterocycles. The minimum Gasteiger partial charge on any atom is -0.383 e. The maximum atomic E-state index is 12.0. The number of hydrogen-bond acceptors (Lipinski definition) is 2. The summed E-state index contributed by atoms with van der Waals surface area (Å²) < 4.78 is 25.0. The molecular weight excluding hydrogens is 278 g/mol. The number of likely N-dealkylation sites (N-methyl/N-ethyl adjacent to an activating group) is 1. The second kappa shape index (κ2) is 6.81. The highest BCUT2D eigenvalue weighted by atomic mass is 79.9. The summed E-state index contributed by atoms with van der Waals surface area (Å²) >= 11 is 3.41. The van der Waals surface area contributed by atoms with E-state index < -0.39 is 6.43 Å². The van der Waals surface area contributed by atoms with Crippen LogP contribution in [0, 0.1) is 0 Å². The highest BCUT2D eigenvalue weighted by Crippen LogP contribution is 2.20.